The van der Waals surface area contributed by atoms with Gasteiger partial charge in [-0.25, -0.2) is 8.42 Å². The molecule has 0 amide bonds. The van der Waals surface area contributed by atoms with Gasteiger partial charge in [-0.15, -0.1) is 0 Å². The topological polar surface area (TPSA) is 237 Å². The molecule has 16 nitrogen and oxygen atoms in total. The average molecular weight is 873 g/mol. The third-order valence-electron chi connectivity index (χ3n) is 6.95. The number of nitrogens with one attached hydrogen (secondary N) is 4. The van der Waals surface area contributed by atoms with E-state index in [1.54, 1.807) is 48.5 Å². The number of benzene rings is 4. The Labute approximate surface area is 358 Å². The molecule has 0 fully saturated rings. The number of anilines is 8. The van der Waals surface area contributed by atoms with Crippen molar-refractivity contribution in [2.24, 2.45) is 0 Å². The molecule has 0 saturated carbocycles. The molecule has 2 heterocycles. The van der Waals surface area contributed by atoms with Crippen LogP contribution < -0.4 is 50.8 Å². The fourth-order valence-corrected chi connectivity index (χ4v) is 6.60. The predicted molar refractivity (Wildman–Crippen MR) is 208 cm³/mol. The van der Waals surface area contributed by atoms with Crippen molar-refractivity contribution >= 4 is 125 Å². The molecule has 6 rings (SSSR count). The summed E-state index contributed by atoms with van der Waals surface area (Å²) in [4.78, 5) is 23.2. The Hall–Kier alpha value is -4.18. The van der Waals surface area contributed by atoms with E-state index < -0.39 is 30.0 Å². The maximum atomic E-state index is 12.4. The first-order valence-electron chi connectivity index (χ1n) is 14.9. The summed E-state index contributed by atoms with van der Waals surface area (Å²) in [7, 11) is -9.93. The minimum Gasteiger partial charge on any atom is -1.00 e. The van der Waals surface area contributed by atoms with Gasteiger partial charge in [0.1, 0.15) is 15.0 Å². The van der Waals surface area contributed by atoms with Crippen molar-refractivity contribution < 1.29 is 58.4 Å². The van der Waals surface area contributed by atoms with Gasteiger partial charge in [0.15, 0.2) is 0 Å². The van der Waals surface area contributed by atoms with Crippen molar-refractivity contribution in [1.29, 1.82) is 0 Å². The van der Waals surface area contributed by atoms with E-state index in [9.17, 15) is 25.9 Å². The summed E-state index contributed by atoms with van der Waals surface area (Å²) in [6, 6.07) is 20.9. The Kier molecular flexibility index (Phi) is 13.5. The maximum absolute atomic E-state index is 12.4. The van der Waals surface area contributed by atoms with Crippen LogP contribution in [0.3, 0.4) is 0 Å². The summed E-state index contributed by atoms with van der Waals surface area (Å²) in [6.45, 7) is 0. The van der Waals surface area contributed by atoms with Crippen molar-refractivity contribution in [3.8, 4) is 0 Å². The maximum Gasteiger partial charge on any atom is 1.00 e. The molecule has 23 heteroatoms. The summed E-state index contributed by atoms with van der Waals surface area (Å²) in [5, 5.41) is 12.1. The van der Waals surface area contributed by atoms with Crippen molar-refractivity contribution in [3.63, 3.8) is 0 Å². The van der Waals surface area contributed by atoms with E-state index >= 15 is 0 Å². The number of halogens is 4. The zero-order chi connectivity index (χ0) is 38.6. The van der Waals surface area contributed by atoms with E-state index in [4.69, 9.17) is 46.4 Å². The third-order valence-corrected chi connectivity index (χ3v) is 9.59. The molecule has 0 aliphatic carbocycles. The first-order chi connectivity index (χ1) is 25.6. The molecule has 0 bridgehead atoms. The Bertz CT molecular complexity index is 2460. The summed E-state index contributed by atoms with van der Waals surface area (Å²) in [5.41, 5.74) is 1.26. The molecule has 4 aromatic carbocycles. The van der Waals surface area contributed by atoms with Crippen LogP contribution in [-0.2, 0) is 20.2 Å². The van der Waals surface area contributed by atoms with Crippen LogP contribution in [-0.4, -0.2) is 55.8 Å². The zero-order valence-corrected chi connectivity index (χ0v) is 34.4. The predicted octanol–water partition coefficient (Wildman–Crippen LogP) is 5.19. The molecule has 2 aromatic heterocycles. The van der Waals surface area contributed by atoms with E-state index in [1.807, 2.05) is 0 Å². The number of hydrogen-bond acceptors (Lipinski definition) is 15. The summed E-state index contributed by atoms with van der Waals surface area (Å²) < 4.78 is 71.9. The van der Waals surface area contributed by atoms with E-state index in [-0.39, 0.29) is 89.3 Å². The first-order valence-corrected chi connectivity index (χ1v) is 19.3. The monoisotopic (exact) mass is 870 g/mol. The Balaban J connectivity index is 0.00000290. The van der Waals surface area contributed by atoms with Crippen LogP contribution in [0.15, 0.2) is 94.7 Å². The normalized spacial score (nSPS) is 11.5. The Morgan fingerprint density at radius 1 is 0.545 bits per heavy atom. The van der Waals surface area contributed by atoms with Crippen LogP contribution in [0.5, 0.6) is 0 Å². The standard InChI is InChI=1S/C32H22Cl4N10O6S2.Na.H/c33-19-5-11-21(12-6-19)37-29-41-27(35)43-31(45-29)39-23-9-3-17(25(15-23)53(47,48)49)1-2-18-4-10-24(16-26(18)54(50,51)52)40-32-44-28(36)42-30(46-32)38-22-13-7-20(34)8-14-22;;/h1-16H,(H,47,48,49)(H,50,51,52)(H2,37,39,41,43,45)(H2,38,40,42,44,46);;/q;+1;-1. The van der Waals surface area contributed by atoms with Crippen LogP contribution in [0, 0.1) is 0 Å². The largest absolute Gasteiger partial charge is 1.00 e. The summed E-state index contributed by atoms with van der Waals surface area (Å²) in [6.07, 6.45) is 2.40. The molecule has 0 aliphatic heterocycles. The third kappa shape index (κ3) is 11.7. The van der Waals surface area contributed by atoms with Crippen LogP contribution in [0.25, 0.3) is 12.2 Å². The molecule has 55 heavy (non-hydrogen) atoms. The molecular formula is C32H23Cl4N10NaO6S2. The summed E-state index contributed by atoms with van der Waals surface area (Å²) in [5.74, 6) is -0.0276. The van der Waals surface area contributed by atoms with Crippen molar-refractivity contribution in [1.82, 2.24) is 29.9 Å². The second-order valence-corrected chi connectivity index (χ2v) is 15.1. The van der Waals surface area contributed by atoms with E-state index in [2.05, 4.69) is 51.2 Å². The SMILES string of the molecule is O=S(=O)([O-])c1cc(Nc2nc(Cl)nc(Nc3ccc(Cl)cc3)n2)ccc1C=Cc1ccc(Nc2nc(Cl)nc(Nc3ccc(Cl)cc3)n2)cc1S(=O)(=O)O.[H+].[H-].[Na+]. The molecule has 5 N–H and O–H groups in total. The van der Waals surface area contributed by atoms with E-state index in [0.717, 1.165) is 12.1 Å². The van der Waals surface area contributed by atoms with Gasteiger partial charge in [0.05, 0.1) is 4.90 Å². The second-order valence-electron chi connectivity index (χ2n) is 10.8. The van der Waals surface area contributed by atoms with Gasteiger partial charge in [-0.3, -0.25) is 4.55 Å². The van der Waals surface area contributed by atoms with Gasteiger partial charge in [-0.05, 0) is 107 Å². The van der Waals surface area contributed by atoms with Crippen molar-refractivity contribution in [3.05, 3.63) is 117 Å². The minimum absolute atomic E-state index is 0. The Morgan fingerprint density at radius 2 is 0.873 bits per heavy atom. The van der Waals surface area contributed by atoms with Gasteiger partial charge < -0.3 is 27.2 Å². The fourth-order valence-electron chi connectivity index (χ4n) is 4.63. The quantitative estimate of drug-likeness (QED) is 0.0604. The van der Waals surface area contributed by atoms with E-state index in [0.29, 0.717) is 21.4 Å². The molecular weight excluding hydrogens is 849 g/mol. The van der Waals surface area contributed by atoms with Gasteiger partial charge in [0, 0.05) is 32.8 Å². The van der Waals surface area contributed by atoms with Crippen molar-refractivity contribution in [2.45, 2.75) is 9.79 Å². The molecule has 0 atom stereocenters. The smallest absolute Gasteiger partial charge is 1.00 e. The molecule has 0 unspecified atom stereocenters. The van der Waals surface area contributed by atoms with E-state index in [1.165, 1.54) is 36.4 Å². The van der Waals surface area contributed by atoms with Crippen molar-refractivity contribution in [2.75, 3.05) is 21.3 Å². The molecule has 6 aromatic rings. The molecule has 0 radical (unpaired) electrons. The second kappa shape index (κ2) is 17.7. The van der Waals surface area contributed by atoms with Crippen LogP contribution in [0.4, 0.5) is 46.5 Å². The van der Waals surface area contributed by atoms with Crippen LogP contribution in [0.1, 0.15) is 14.0 Å². The Morgan fingerprint density at radius 3 is 1.24 bits per heavy atom. The number of rotatable bonds is 12. The van der Waals surface area contributed by atoms with Crippen LogP contribution in [0.2, 0.25) is 20.6 Å². The molecule has 0 aliphatic rings. The summed E-state index contributed by atoms with van der Waals surface area (Å²) >= 11 is 24.0. The minimum atomic E-state index is -5.08. The van der Waals surface area contributed by atoms with Gasteiger partial charge in [0.25, 0.3) is 10.1 Å². The van der Waals surface area contributed by atoms with Gasteiger partial charge in [-0.1, -0.05) is 47.5 Å². The average Bonchev–Trinajstić information content (AvgIpc) is 3.09. The number of hydrogen-bond donors (Lipinski definition) is 5. The van der Waals surface area contributed by atoms with Crippen LogP contribution >= 0.6 is 46.4 Å². The first kappa shape index (κ1) is 42.0. The fraction of sp³-hybridized carbons (Fsp3) is 0. The molecule has 0 spiro atoms. The molecule has 0 saturated heterocycles. The van der Waals surface area contributed by atoms with Gasteiger partial charge >= 0.3 is 31.0 Å². The molecule has 278 valence electrons. The number of aromatic nitrogens is 6. The van der Waals surface area contributed by atoms with Gasteiger partial charge in [0.2, 0.25) is 34.4 Å². The van der Waals surface area contributed by atoms with Gasteiger partial charge in [-0.2, -0.15) is 38.3 Å². The zero-order valence-electron chi connectivity index (χ0n) is 29.7. The number of nitrogens with zero attached hydrogens (tertiary/aromatic N) is 6.